The summed E-state index contributed by atoms with van der Waals surface area (Å²) in [6, 6.07) is 13.0. The standard InChI is InChI=1S/C24H22N2O4S2/c1-14-3-10-18(11-4-14)32(28,29)30-17-8-6-16(7-9-17)22-25-23(27)21-19-12-5-15(2)13-20(19)31-24(21)26-22/h3-4,6-11,15H,5,12-13H2,1-2H3,(H,25,26,27)/t15-/m1/s1. The summed E-state index contributed by atoms with van der Waals surface area (Å²) in [5, 5.41) is 0.713. The van der Waals surface area contributed by atoms with Crippen LogP contribution in [0.1, 0.15) is 29.3 Å². The zero-order valence-corrected chi connectivity index (χ0v) is 19.3. The molecule has 1 N–H and O–H groups in total. The van der Waals surface area contributed by atoms with Crippen molar-refractivity contribution in [1.29, 1.82) is 0 Å². The van der Waals surface area contributed by atoms with E-state index in [1.165, 1.54) is 17.0 Å². The van der Waals surface area contributed by atoms with Gasteiger partial charge in [0.2, 0.25) is 0 Å². The van der Waals surface area contributed by atoms with Crippen molar-refractivity contribution in [2.45, 2.75) is 38.0 Å². The lowest BCUT2D eigenvalue weighted by Gasteiger charge is -2.17. The van der Waals surface area contributed by atoms with Crippen molar-refractivity contribution >= 4 is 31.7 Å². The van der Waals surface area contributed by atoms with Crippen LogP contribution >= 0.6 is 11.3 Å². The summed E-state index contributed by atoms with van der Waals surface area (Å²) in [5.74, 6) is 1.28. The molecule has 0 amide bonds. The van der Waals surface area contributed by atoms with Crippen molar-refractivity contribution in [3.8, 4) is 17.1 Å². The molecule has 0 radical (unpaired) electrons. The Bertz CT molecular complexity index is 1470. The van der Waals surface area contributed by atoms with Gasteiger partial charge in [-0.3, -0.25) is 4.79 Å². The average Bonchev–Trinajstić information content (AvgIpc) is 3.12. The summed E-state index contributed by atoms with van der Waals surface area (Å²) in [6.45, 7) is 4.12. The van der Waals surface area contributed by atoms with Crippen molar-refractivity contribution in [3.05, 3.63) is 74.9 Å². The molecular formula is C24H22N2O4S2. The fourth-order valence-corrected chi connectivity index (χ4v) is 6.35. The molecule has 0 fully saturated rings. The van der Waals surface area contributed by atoms with Gasteiger partial charge < -0.3 is 9.17 Å². The van der Waals surface area contributed by atoms with Gasteiger partial charge >= 0.3 is 10.1 Å². The predicted octanol–water partition coefficient (Wildman–Crippen LogP) is 4.85. The van der Waals surface area contributed by atoms with Crippen LogP contribution in [0.4, 0.5) is 0 Å². The van der Waals surface area contributed by atoms with Crippen molar-refractivity contribution in [1.82, 2.24) is 9.97 Å². The molecule has 1 aliphatic rings. The number of aromatic amines is 1. The lowest BCUT2D eigenvalue weighted by atomic mass is 9.89. The number of benzene rings is 2. The molecular weight excluding hydrogens is 444 g/mol. The Kier molecular flexibility index (Phi) is 5.14. The van der Waals surface area contributed by atoms with E-state index in [2.05, 4.69) is 11.9 Å². The first-order valence-corrected chi connectivity index (χ1v) is 12.7. The van der Waals surface area contributed by atoms with Gasteiger partial charge in [-0.05, 0) is 74.1 Å². The molecule has 32 heavy (non-hydrogen) atoms. The summed E-state index contributed by atoms with van der Waals surface area (Å²) in [5.41, 5.74) is 2.67. The maximum Gasteiger partial charge on any atom is 0.339 e. The van der Waals surface area contributed by atoms with E-state index in [-0.39, 0.29) is 16.2 Å². The molecule has 0 spiro atoms. The van der Waals surface area contributed by atoms with E-state index >= 15 is 0 Å². The average molecular weight is 467 g/mol. The zero-order chi connectivity index (χ0) is 22.5. The van der Waals surface area contributed by atoms with Crippen molar-refractivity contribution in [3.63, 3.8) is 0 Å². The van der Waals surface area contributed by atoms with Crippen LogP contribution in [0.25, 0.3) is 21.6 Å². The van der Waals surface area contributed by atoms with Gasteiger partial charge in [-0.25, -0.2) is 4.98 Å². The van der Waals surface area contributed by atoms with E-state index in [0.29, 0.717) is 22.7 Å². The van der Waals surface area contributed by atoms with E-state index in [1.807, 2.05) is 6.92 Å². The number of nitrogens with zero attached hydrogens (tertiary/aromatic N) is 1. The number of hydrogen-bond acceptors (Lipinski definition) is 6. The Labute approximate surface area is 190 Å². The number of aromatic nitrogens is 2. The summed E-state index contributed by atoms with van der Waals surface area (Å²) < 4.78 is 30.3. The van der Waals surface area contributed by atoms with Crippen LogP contribution in [0.5, 0.6) is 5.75 Å². The lowest BCUT2D eigenvalue weighted by molar-refractivity contribution is 0.486. The van der Waals surface area contributed by atoms with Gasteiger partial charge in [0.25, 0.3) is 5.56 Å². The summed E-state index contributed by atoms with van der Waals surface area (Å²) in [4.78, 5) is 22.5. The lowest BCUT2D eigenvalue weighted by Crippen LogP contribution is -2.13. The first-order chi connectivity index (χ1) is 15.3. The minimum absolute atomic E-state index is 0.0969. The number of H-pyrrole nitrogens is 1. The molecule has 6 nitrogen and oxygen atoms in total. The van der Waals surface area contributed by atoms with E-state index in [0.717, 1.165) is 35.2 Å². The van der Waals surface area contributed by atoms with Crippen molar-refractivity contribution in [2.75, 3.05) is 0 Å². The van der Waals surface area contributed by atoms with Gasteiger partial charge in [-0.2, -0.15) is 8.42 Å². The molecule has 2 aromatic heterocycles. The second-order valence-electron chi connectivity index (χ2n) is 8.32. The van der Waals surface area contributed by atoms with Crippen LogP contribution in [-0.4, -0.2) is 18.4 Å². The van der Waals surface area contributed by atoms with E-state index in [4.69, 9.17) is 9.17 Å². The molecule has 2 aromatic carbocycles. The Morgan fingerprint density at radius 1 is 1.09 bits per heavy atom. The third-order valence-electron chi connectivity index (χ3n) is 5.81. The molecule has 1 atom stereocenters. The highest BCUT2D eigenvalue weighted by Crippen LogP contribution is 2.36. The molecule has 164 valence electrons. The molecule has 0 saturated carbocycles. The zero-order valence-electron chi connectivity index (χ0n) is 17.7. The topological polar surface area (TPSA) is 89.1 Å². The number of hydrogen-bond donors (Lipinski definition) is 1. The molecule has 1 aliphatic carbocycles. The van der Waals surface area contributed by atoms with E-state index in [9.17, 15) is 13.2 Å². The van der Waals surface area contributed by atoms with Gasteiger partial charge in [0, 0.05) is 10.4 Å². The maximum absolute atomic E-state index is 12.8. The number of nitrogens with one attached hydrogen (secondary N) is 1. The van der Waals surface area contributed by atoms with Crippen LogP contribution in [0.3, 0.4) is 0 Å². The Hall–Kier alpha value is -2.97. The van der Waals surface area contributed by atoms with Crippen molar-refractivity contribution in [2.24, 2.45) is 5.92 Å². The van der Waals surface area contributed by atoms with Gasteiger partial charge in [0.1, 0.15) is 21.3 Å². The van der Waals surface area contributed by atoms with Crippen LogP contribution < -0.4 is 9.74 Å². The third kappa shape index (κ3) is 3.84. The van der Waals surface area contributed by atoms with Crippen LogP contribution in [0.2, 0.25) is 0 Å². The first-order valence-electron chi connectivity index (χ1n) is 10.5. The van der Waals surface area contributed by atoms with Crippen LogP contribution in [0.15, 0.2) is 58.2 Å². The van der Waals surface area contributed by atoms with Gasteiger partial charge in [-0.1, -0.05) is 24.6 Å². The van der Waals surface area contributed by atoms with Gasteiger partial charge in [0.05, 0.1) is 5.39 Å². The fraction of sp³-hybridized carbons (Fsp3) is 0.250. The molecule has 5 rings (SSSR count). The van der Waals surface area contributed by atoms with Gasteiger partial charge in [0.15, 0.2) is 0 Å². The van der Waals surface area contributed by atoms with E-state index < -0.39 is 10.1 Å². The molecule has 0 aliphatic heterocycles. The molecule has 4 aromatic rings. The summed E-state index contributed by atoms with van der Waals surface area (Å²) >= 11 is 1.60. The second-order valence-corrected chi connectivity index (χ2v) is 11.0. The monoisotopic (exact) mass is 466 g/mol. The smallest absolute Gasteiger partial charge is 0.339 e. The number of rotatable bonds is 4. The fourth-order valence-electron chi connectivity index (χ4n) is 4.03. The molecule has 0 unspecified atom stereocenters. The predicted molar refractivity (Wildman–Crippen MR) is 126 cm³/mol. The normalized spacial score (nSPS) is 16.1. The van der Waals surface area contributed by atoms with Crippen molar-refractivity contribution < 1.29 is 12.6 Å². The summed E-state index contributed by atoms with van der Waals surface area (Å²) in [6.07, 6.45) is 3.00. The van der Waals surface area contributed by atoms with Gasteiger partial charge in [-0.15, -0.1) is 11.3 Å². The number of fused-ring (bicyclic) bond motifs is 3. The highest BCUT2D eigenvalue weighted by molar-refractivity contribution is 7.87. The Morgan fingerprint density at radius 2 is 1.81 bits per heavy atom. The van der Waals surface area contributed by atoms with Crippen LogP contribution in [-0.2, 0) is 23.0 Å². The number of thiophene rings is 1. The Morgan fingerprint density at radius 3 is 2.53 bits per heavy atom. The maximum atomic E-state index is 12.8. The quantitative estimate of drug-likeness (QED) is 0.434. The SMILES string of the molecule is Cc1ccc(S(=O)(=O)Oc2ccc(-c3nc4sc5c(c4c(=O)[nH]3)CC[C@@H](C)C5)cc2)cc1. The number of aryl methyl sites for hydroxylation is 2. The minimum atomic E-state index is -3.92. The largest absolute Gasteiger partial charge is 0.379 e. The molecule has 0 bridgehead atoms. The first kappa shape index (κ1) is 20.9. The highest BCUT2D eigenvalue weighted by Gasteiger charge is 2.23. The summed E-state index contributed by atoms with van der Waals surface area (Å²) in [7, 11) is -3.92. The molecule has 8 heteroatoms. The molecule has 0 saturated heterocycles. The highest BCUT2D eigenvalue weighted by atomic mass is 32.2. The van der Waals surface area contributed by atoms with E-state index in [1.54, 1.807) is 47.7 Å². The minimum Gasteiger partial charge on any atom is -0.379 e. The Balaban J connectivity index is 1.44. The molecule has 2 heterocycles. The van der Waals surface area contributed by atoms with Crippen LogP contribution in [0, 0.1) is 12.8 Å². The second kappa shape index (κ2) is 7.86. The third-order valence-corrected chi connectivity index (χ3v) is 8.22.